The molecule has 2 aromatic carbocycles. The number of fused-ring (bicyclic) bond motifs is 1. The van der Waals surface area contributed by atoms with Gasteiger partial charge in [0, 0.05) is 6.54 Å². The molecule has 148 valence electrons. The largest absolute Gasteiger partial charge is 0.497 e. The number of thioether (sulfide) groups is 1. The van der Waals surface area contributed by atoms with E-state index in [4.69, 9.17) is 21.7 Å². The van der Waals surface area contributed by atoms with Crippen LogP contribution in [0.2, 0.25) is 0 Å². The van der Waals surface area contributed by atoms with Gasteiger partial charge in [-0.2, -0.15) is 0 Å². The number of methoxy groups -OCH3 is 1. The van der Waals surface area contributed by atoms with E-state index >= 15 is 0 Å². The first-order valence-electron chi connectivity index (χ1n) is 8.98. The predicted octanol–water partition coefficient (Wildman–Crippen LogP) is 3.15. The van der Waals surface area contributed by atoms with Gasteiger partial charge in [0.25, 0.3) is 11.8 Å². The maximum atomic E-state index is 12.5. The van der Waals surface area contributed by atoms with Gasteiger partial charge in [0.2, 0.25) is 0 Å². The van der Waals surface area contributed by atoms with Crippen LogP contribution in [-0.2, 0) is 16.0 Å². The lowest BCUT2D eigenvalue weighted by Gasteiger charge is -2.29. The average molecular weight is 427 g/mol. The van der Waals surface area contributed by atoms with Gasteiger partial charge in [-0.05, 0) is 47.9 Å². The standard InChI is InChI=1S/C21H18N2O4S2/c1-26-15-5-2-13(3-6-15)8-9-23-16-10-14(4-7-17(16)27-12-19(23)24)11-18-20(25)22-21(28)29-18/h2-7,10-11H,8-9,12H2,1H3,(H,22,25,28). The molecule has 2 heterocycles. The Hall–Kier alpha value is -2.84. The van der Waals surface area contributed by atoms with Crippen LogP contribution in [0.15, 0.2) is 47.4 Å². The van der Waals surface area contributed by atoms with Crippen LogP contribution in [0.25, 0.3) is 6.08 Å². The van der Waals surface area contributed by atoms with Crippen LogP contribution >= 0.6 is 24.0 Å². The summed E-state index contributed by atoms with van der Waals surface area (Å²) in [6.07, 6.45) is 2.47. The number of anilines is 1. The first kappa shape index (κ1) is 19.5. The molecule has 0 aliphatic carbocycles. The summed E-state index contributed by atoms with van der Waals surface area (Å²) >= 11 is 6.25. The molecule has 0 radical (unpaired) electrons. The molecule has 2 aliphatic rings. The van der Waals surface area contributed by atoms with Gasteiger partial charge in [-0.3, -0.25) is 9.59 Å². The van der Waals surface area contributed by atoms with Gasteiger partial charge in [0.05, 0.1) is 17.7 Å². The van der Waals surface area contributed by atoms with Crippen molar-refractivity contribution in [2.75, 3.05) is 25.2 Å². The summed E-state index contributed by atoms with van der Waals surface area (Å²) in [6, 6.07) is 13.3. The maximum absolute atomic E-state index is 12.5. The molecular formula is C21H18N2O4S2. The first-order chi connectivity index (χ1) is 14.0. The lowest BCUT2D eigenvalue weighted by Crippen LogP contribution is -2.40. The molecule has 1 fully saturated rings. The molecule has 1 N–H and O–H groups in total. The summed E-state index contributed by atoms with van der Waals surface area (Å²) in [5, 5.41) is 2.60. The fraction of sp³-hybridized carbons (Fsp3) is 0.190. The van der Waals surface area contributed by atoms with Crippen LogP contribution in [0.1, 0.15) is 11.1 Å². The number of hydrogen-bond acceptors (Lipinski definition) is 6. The van der Waals surface area contributed by atoms with Crippen LogP contribution < -0.4 is 19.7 Å². The molecule has 29 heavy (non-hydrogen) atoms. The lowest BCUT2D eigenvalue weighted by atomic mass is 10.1. The van der Waals surface area contributed by atoms with Crippen molar-refractivity contribution >= 4 is 51.9 Å². The van der Waals surface area contributed by atoms with Crippen molar-refractivity contribution in [2.24, 2.45) is 0 Å². The SMILES string of the molecule is COc1ccc(CCN2C(=O)COc3ccc(C=C4SC(=S)NC4=O)cc32)cc1. The van der Waals surface area contributed by atoms with Crippen LogP contribution in [0.3, 0.4) is 0 Å². The van der Waals surface area contributed by atoms with E-state index in [0.717, 1.165) is 16.9 Å². The number of thiocarbonyl (C=S) groups is 1. The van der Waals surface area contributed by atoms with Crippen molar-refractivity contribution in [3.05, 3.63) is 58.5 Å². The van der Waals surface area contributed by atoms with Crippen LogP contribution in [-0.4, -0.2) is 36.4 Å². The summed E-state index contributed by atoms with van der Waals surface area (Å²) < 4.78 is 11.2. The van der Waals surface area contributed by atoms with E-state index < -0.39 is 0 Å². The van der Waals surface area contributed by atoms with Gasteiger partial charge in [-0.25, -0.2) is 0 Å². The van der Waals surface area contributed by atoms with Gasteiger partial charge >= 0.3 is 0 Å². The number of hydrogen-bond donors (Lipinski definition) is 1. The fourth-order valence-corrected chi connectivity index (χ4v) is 4.20. The Balaban J connectivity index is 1.56. The average Bonchev–Trinajstić information content (AvgIpc) is 3.04. The lowest BCUT2D eigenvalue weighted by molar-refractivity contribution is -0.121. The van der Waals surface area contributed by atoms with Crippen molar-refractivity contribution in [1.82, 2.24) is 5.32 Å². The molecule has 0 bridgehead atoms. The minimum absolute atomic E-state index is 0.0164. The number of rotatable bonds is 5. The second-order valence-corrected chi connectivity index (χ2v) is 8.23. The Bertz CT molecular complexity index is 1020. The molecule has 0 atom stereocenters. The summed E-state index contributed by atoms with van der Waals surface area (Å²) in [7, 11) is 1.63. The second-order valence-electron chi connectivity index (χ2n) is 6.51. The van der Waals surface area contributed by atoms with Gasteiger partial charge in [0.15, 0.2) is 6.61 Å². The van der Waals surface area contributed by atoms with Gasteiger partial charge in [-0.1, -0.05) is 42.2 Å². The molecule has 2 aromatic rings. The molecule has 6 nitrogen and oxygen atoms in total. The Morgan fingerprint density at radius 3 is 2.72 bits per heavy atom. The smallest absolute Gasteiger partial charge is 0.265 e. The summed E-state index contributed by atoms with van der Waals surface area (Å²) in [5.74, 6) is 1.15. The zero-order chi connectivity index (χ0) is 20.4. The molecule has 1 saturated heterocycles. The van der Waals surface area contributed by atoms with E-state index in [9.17, 15) is 9.59 Å². The zero-order valence-corrected chi connectivity index (χ0v) is 17.3. The zero-order valence-electron chi connectivity index (χ0n) is 15.6. The van der Waals surface area contributed by atoms with Crippen molar-refractivity contribution in [1.29, 1.82) is 0 Å². The van der Waals surface area contributed by atoms with Gasteiger partial charge in [-0.15, -0.1) is 0 Å². The Morgan fingerprint density at radius 2 is 2.03 bits per heavy atom. The highest BCUT2D eigenvalue weighted by molar-refractivity contribution is 8.26. The Kier molecular flexibility index (Phi) is 5.55. The molecule has 0 aromatic heterocycles. The number of nitrogens with one attached hydrogen (secondary N) is 1. The summed E-state index contributed by atoms with van der Waals surface area (Å²) in [4.78, 5) is 26.7. The third-order valence-electron chi connectivity index (χ3n) is 4.65. The van der Waals surface area contributed by atoms with E-state index in [1.165, 1.54) is 11.8 Å². The van der Waals surface area contributed by atoms with Crippen molar-refractivity contribution in [3.8, 4) is 11.5 Å². The van der Waals surface area contributed by atoms with Gasteiger partial charge in [0.1, 0.15) is 15.8 Å². The normalized spacial score (nSPS) is 17.2. The first-order valence-corrected chi connectivity index (χ1v) is 10.2. The third-order valence-corrected chi connectivity index (χ3v) is 5.81. The van der Waals surface area contributed by atoms with Crippen LogP contribution in [0.5, 0.6) is 11.5 Å². The minimum atomic E-state index is -0.207. The highest BCUT2D eigenvalue weighted by atomic mass is 32.2. The van der Waals surface area contributed by atoms with E-state index in [1.807, 2.05) is 42.5 Å². The van der Waals surface area contributed by atoms with E-state index in [2.05, 4.69) is 5.32 Å². The minimum Gasteiger partial charge on any atom is -0.497 e. The molecule has 2 amide bonds. The quantitative estimate of drug-likeness (QED) is 0.585. The monoisotopic (exact) mass is 426 g/mol. The molecule has 0 spiro atoms. The molecule has 2 aliphatic heterocycles. The van der Waals surface area contributed by atoms with E-state index in [-0.39, 0.29) is 18.4 Å². The Morgan fingerprint density at radius 1 is 1.24 bits per heavy atom. The van der Waals surface area contributed by atoms with Crippen molar-refractivity contribution < 1.29 is 19.1 Å². The predicted molar refractivity (Wildman–Crippen MR) is 117 cm³/mol. The fourth-order valence-electron chi connectivity index (χ4n) is 3.16. The Labute approximate surface area is 177 Å². The number of amides is 2. The highest BCUT2D eigenvalue weighted by Gasteiger charge is 2.26. The van der Waals surface area contributed by atoms with Gasteiger partial charge < -0.3 is 19.7 Å². The third kappa shape index (κ3) is 4.28. The summed E-state index contributed by atoms with van der Waals surface area (Å²) in [5.41, 5.74) is 2.62. The number of nitrogens with zero attached hydrogens (tertiary/aromatic N) is 1. The topological polar surface area (TPSA) is 67.9 Å². The number of ether oxygens (including phenoxy) is 2. The number of benzene rings is 2. The van der Waals surface area contributed by atoms with E-state index in [1.54, 1.807) is 18.1 Å². The van der Waals surface area contributed by atoms with Crippen LogP contribution in [0, 0.1) is 0 Å². The van der Waals surface area contributed by atoms with Crippen LogP contribution in [0.4, 0.5) is 5.69 Å². The highest BCUT2D eigenvalue weighted by Crippen LogP contribution is 2.35. The van der Waals surface area contributed by atoms with Crippen molar-refractivity contribution in [2.45, 2.75) is 6.42 Å². The molecule has 4 rings (SSSR count). The molecular weight excluding hydrogens is 408 g/mol. The molecule has 0 unspecified atom stereocenters. The maximum Gasteiger partial charge on any atom is 0.265 e. The second kappa shape index (κ2) is 8.26. The number of carbonyl (C=O) groups excluding carboxylic acids is 2. The molecule has 0 saturated carbocycles. The molecule has 8 heteroatoms. The van der Waals surface area contributed by atoms with E-state index in [0.29, 0.717) is 33.6 Å². The van der Waals surface area contributed by atoms with Crippen molar-refractivity contribution in [3.63, 3.8) is 0 Å². The summed E-state index contributed by atoms with van der Waals surface area (Å²) in [6.45, 7) is 0.545. The number of carbonyl (C=O) groups is 2.